The fourth-order valence-electron chi connectivity index (χ4n) is 3.52. The van der Waals surface area contributed by atoms with Crippen LogP contribution >= 0.6 is 0 Å². The number of nitrogens with zero attached hydrogens (tertiary/aromatic N) is 2. The van der Waals surface area contributed by atoms with Gasteiger partial charge in [0.15, 0.2) is 0 Å². The SMILES string of the molecule is COc1ccccc1-c1nc(C)c(C(C)C)c(=O)n1CCc1cccc(F)c1. The summed E-state index contributed by atoms with van der Waals surface area (Å²) in [7, 11) is 1.60. The molecule has 4 nitrogen and oxygen atoms in total. The largest absolute Gasteiger partial charge is 0.496 e. The number of methoxy groups -OCH3 is 1. The van der Waals surface area contributed by atoms with Crippen LogP contribution in [0.4, 0.5) is 4.39 Å². The van der Waals surface area contributed by atoms with E-state index in [9.17, 15) is 9.18 Å². The van der Waals surface area contributed by atoms with Crippen LogP contribution in [-0.2, 0) is 13.0 Å². The molecule has 0 aliphatic heterocycles. The minimum absolute atomic E-state index is 0.0557. The monoisotopic (exact) mass is 380 g/mol. The molecule has 0 saturated heterocycles. The van der Waals surface area contributed by atoms with Gasteiger partial charge in [0.05, 0.1) is 12.7 Å². The minimum Gasteiger partial charge on any atom is -0.496 e. The van der Waals surface area contributed by atoms with E-state index in [1.54, 1.807) is 17.7 Å². The summed E-state index contributed by atoms with van der Waals surface area (Å²) in [4.78, 5) is 18.1. The Labute approximate surface area is 164 Å². The molecule has 0 N–H and O–H groups in total. The molecule has 0 aliphatic rings. The lowest BCUT2D eigenvalue weighted by Gasteiger charge is -2.19. The first-order chi connectivity index (χ1) is 13.4. The molecule has 146 valence electrons. The topological polar surface area (TPSA) is 44.1 Å². The van der Waals surface area contributed by atoms with Crippen molar-refractivity contribution in [1.29, 1.82) is 0 Å². The van der Waals surface area contributed by atoms with Crippen molar-refractivity contribution in [1.82, 2.24) is 9.55 Å². The van der Waals surface area contributed by atoms with Gasteiger partial charge in [-0.2, -0.15) is 0 Å². The third kappa shape index (κ3) is 3.98. The smallest absolute Gasteiger partial charge is 0.257 e. The molecule has 0 aliphatic carbocycles. The maximum absolute atomic E-state index is 13.5. The van der Waals surface area contributed by atoms with Crippen molar-refractivity contribution in [2.75, 3.05) is 7.11 Å². The van der Waals surface area contributed by atoms with Crippen LogP contribution in [0.15, 0.2) is 53.3 Å². The van der Waals surface area contributed by atoms with E-state index in [1.165, 1.54) is 12.1 Å². The van der Waals surface area contributed by atoms with Crippen LogP contribution in [-0.4, -0.2) is 16.7 Å². The summed E-state index contributed by atoms with van der Waals surface area (Å²) in [5, 5.41) is 0. The Morgan fingerprint density at radius 1 is 1.14 bits per heavy atom. The van der Waals surface area contributed by atoms with Crippen LogP contribution in [0.5, 0.6) is 5.75 Å². The second-order valence-corrected chi connectivity index (χ2v) is 7.13. The number of aromatic nitrogens is 2. The first kappa shape index (κ1) is 19.8. The normalized spacial score (nSPS) is 11.1. The Morgan fingerprint density at radius 2 is 1.89 bits per heavy atom. The summed E-state index contributed by atoms with van der Waals surface area (Å²) in [6, 6.07) is 14.0. The molecule has 0 bridgehead atoms. The van der Waals surface area contributed by atoms with Crippen LogP contribution in [0, 0.1) is 12.7 Å². The quantitative estimate of drug-likeness (QED) is 0.621. The zero-order chi connectivity index (χ0) is 20.3. The van der Waals surface area contributed by atoms with E-state index in [0.29, 0.717) is 30.1 Å². The molecule has 1 heterocycles. The third-order valence-electron chi connectivity index (χ3n) is 4.83. The van der Waals surface area contributed by atoms with Crippen molar-refractivity contribution in [3.05, 3.63) is 81.5 Å². The summed E-state index contributed by atoms with van der Waals surface area (Å²) in [6.07, 6.45) is 0.530. The lowest BCUT2D eigenvalue weighted by Crippen LogP contribution is -2.29. The van der Waals surface area contributed by atoms with Gasteiger partial charge in [-0.15, -0.1) is 0 Å². The number of halogens is 1. The van der Waals surface area contributed by atoms with Crippen LogP contribution in [0.25, 0.3) is 11.4 Å². The highest BCUT2D eigenvalue weighted by Crippen LogP contribution is 2.29. The number of para-hydroxylation sites is 1. The van der Waals surface area contributed by atoms with Gasteiger partial charge in [-0.05, 0) is 49.1 Å². The van der Waals surface area contributed by atoms with E-state index in [4.69, 9.17) is 9.72 Å². The molecule has 0 saturated carbocycles. The molecule has 28 heavy (non-hydrogen) atoms. The van der Waals surface area contributed by atoms with E-state index >= 15 is 0 Å². The fraction of sp³-hybridized carbons (Fsp3) is 0.304. The highest BCUT2D eigenvalue weighted by Gasteiger charge is 2.19. The summed E-state index contributed by atoms with van der Waals surface area (Å²) < 4.78 is 20.7. The highest BCUT2D eigenvalue weighted by atomic mass is 19.1. The maximum atomic E-state index is 13.5. The van der Waals surface area contributed by atoms with Crippen LogP contribution in [0.2, 0.25) is 0 Å². The van der Waals surface area contributed by atoms with Gasteiger partial charge in [-0.3, -0.25) is 9.36 Å². The zero-order valence-corrected chi connectivity index (χ0v) is 16.7. The van der Waals surface area contributed by atoms with E-state index in [1.807, 2.05) is 51.1 Å². The summed E-state index contributed by atoms with van der Waals surface area (Å²) in [5.41, 5.74) is 2.98. The second-order valence-electron chi connectivity index (χ2n) is 7.13. The Hall–Kier alpha value is -2.95. The number of ether oxygens (including phenoxy) is 1. The van der Waals surface area contributed by atoms with E-state index in [2.05, 4.69) is 0 Å². The molecule has 0 fully saturated rings. The van der Waals surface area contributed by atoms with Gasteiger partial charge in [0.2, 0.25) is 0 Å². The van der Waals surface area contributed by atoms with Gasteiger partial charge in [-0.25, -0.2) is 9.37 Å². The Morgan fingerprint density at radius 3 is 2.57 bits per heavy atom. The molecule has 0 atom stereocenters. The van der Waals surface area contributed by atoms with Crippen molar-refractivity contribution < 1.29 is 9.13 Å². The molecular weight excluding hydrogens is 355 g/mol. The van der Waals surface area contributed by atoms with Crippen LogP contribution < -0.4 is 10.3 Å². The third-order valence-corrected chi connectivity index (χ3v) is 4.83. The average Bonchev–Trinajstić information content (AvgIpc) is 2.66. The Bertz CT molecular complexity index is 1040. The zero-order valence-electron chi connectivity index (χ0n) is 16.7. The second kappa shape index (κ2) is 8.38. The van der Waals surface area contributed by atoms with Gasteiger partial charge >= 0.3 is 0 Å². The van der Waals surface area contributed by atoms with Gasteiger partial charge in [0.25, 0.3) is 5.56 Å². The molecule has 0 radical (unpaired) electrons. The number of benzene rings is 2. The van der Waals surface area contributed by atoms with Gasteiger partial charge in [0, 0.05) is 17.8 Å². The molecule has 3 aromatic rings. The van der Waals surface area contributed by atoms with Gasteiger partial charge in [-0.1, -0.05) is 38.1 Å². The van der Waals surface area contributed by atoms with Gasteiger partial charge < -0.3 is 4.74 Å². The van der Waals surface area contributed by atoms with Crippen molar-refractivity contribution in [3.63, 3.8) is 0 Å². The number of hydrogen-bond acceptors (Lipinski definition) is 3. The Kier molecular flexibility index (Phi) is 5.93. The first-order valence-corrected chi connectivity index (χ1v) is 9.41. The van der Waals surface area contributed by atoms with E-state index < -0.39 is 0 Å². The van der Waals surface area contributed by atoms with Gasteiger partial charge in [0.1, 0.15) is 17.4 Å². The molecule has 0 amide bonds. The van der Waals surface area contributed by atoms with Crippen LogP contribution in [0.3, 0.4) is 0 Å². The predicted molar refractivity (Wildman–Crippen MR) is 109 cm³/mol. The van der Waals surface area contributed by atoms with E-state index in [0.717, 1.165) is 16.8 Å². The summed E-state index contributed by atoms with van der Waals surface area (Å²) in [5.74, 6) is 1.01. The lowest BCUT2D eigenvalue weighted by molar-refractivity contribution is 0.415. The standard InChI is InChI=1S/C23H25FN2O2/c1-15(2)21-16(3)25-22(19-10-5-6-11-20(19)28-4)26(23(21)27)13-12-17-8-7-9-18(24)14-17/h5-11,14-15H,12-13H2,1-4H3. The molecule has 0 spiro atoms. The Balaban J connectivity index is 2.14. The lowest BCUT2D eigenvalue weighted by atomic mass is 10.0. The first-order valence-electron chi connectivity index (χ1n) is 9.41. The molecule has 1 aromatic heterocycles. The predicted octanol–water partition coefficient (Wildman–Crippen LogP) is 4.73. The van der Waals surface area contributed by atoms with E-state index in [-0.39, 0.29) is 17.3 Å². The van der Waals surface area contributed by atoms with Crippen molar-refractivity contribution in [2.45, 2.75) is 39.7 Å². The van der Waals surface area contributed by atoms with Crippen LogP contribution in [0.1, 0.15) is 36.6 Å². The number of aryl methyl sites for hydroxylation is 2. The van der Waals surface area contributed by atoms with Crippen molar-refractivity contribution >= 4 is 0 Å². The molecule has 5 heteroatoms. The number of rotatable bonds is 6. The average molecular weight is 380 g/mol. The molecule has 0 unspecified atom stereocenters. The summed E-state index contributed by atoms with van der Waals surface area (Å²) in [6.45, 7) is 6.26. The van der Waals surface area contributed by atoms with Crippen molar-refractivity contribution in [2.24, 2.45) is 0 Å². The van der Waals surface area contributed by atoms with Crippen molar-refractivity contribution in [3.8, 4) is 17.1 Å². The highest BCUT2D eigenvalue weighted by molar-refractivity contribution is 5.64. The maximum Gasteiger partial charge on any atom is 0.257 e. The minimum atomic E-state index is -0.278. The summed E-state index contributed by atoms with van der Waals surface area (Å²) >= 11 is 0. The molecule has 3 rings (SSSR count). The molecular formula is C23H25FN2O2. The number of hydrogen-bond donors (Lipinski definition) is 0. The molecule has 2 aromatic carbocycles. The fourth-order valence-corrected chi connectivity index (χ4v) is 3.52.